The van der Waals surface area contributed by atoms with E-state index >= 15 is 0 Å². The Balaban J connectivity index is 0. The van der Waals surface area contributed by atoms with Crippen LogP contribution in [0.25, 0.3) is 0 Å². The molecule has 62 valence electrons. The largest absolute Gasteiger partial charge is 1.00 e. The van der Waals surface area contributed by atoms with Crippen molar-refractivity contribution in [3.8, 4) is 0 Å². The SMILES string of the molecule is CCCCPc1ccccc1.[H-].[Li+]. The molecular formula is C10H16LiP. The van der Waals surface area contributed by atoms with Gasteiger partial charge in [-0.25, -0.2) is 0 Å². The van der Waals surface area contributed by atoms with Crippen molar-refractivity contribution in [2.75, 3.05) is 6.16 Å². The molecule has 0 radical (unpaired) electrons. The molecule has 0 fully saturated rings. The first-order chi connectivity index (χ1) is 5.43. The molecule has 0 bridgehead atoms. The molecular weight excluding hydrogens is 158 g/mol. The molecule has 0 aliphatic rings. The van der Waals surface area contributed by atoms with Gasteiger partial charge in [0.2, 0.25) is 0 Å². The number of benzene rings is 1. The predicted octanol–water partition coefficient (Wildman–Crippen LogP) is -0.0930. The van der Waals surface area contributed by atoms with Crippen LogP contribution in [-0.2, 0) is 0 Å². The second-order valence-electron chi connectivity index (χ2n) is 2.65. The summed E-state index contributed by atoms with van der Waals surface area (Å²) < 4.78 is 0. The number of unbranched alkanes of at least 4 members (excludes halogenated alkanes) is 1. The van der Waals surface area contributed by atoms with Crippen molar-refractivity contribution in [2.24, 2.45) is 0 Å². The molecule has 0 aromatic heterocycles. The fraction of sp³-hybridized carbons (Fsp3) is 0.400. The van der Waals surface area contributed by atoms with Crippen LogP contribution in [0.1, 0.15) is 21.2 Å². The van der Waals surface area contributed by atoms with Gasteiger partial charge in [0.15, 0.2) is 0 Å². The third kappa shape index (κ3) is 4.99. The van der Waals surface area contributed by atoms with Gasteiger partial charge in [0.25, 0.3) is 0 Å². The van der Waals surface area contributed by atoms with Crippen molar-refractivity contribution in [1.82, 2.24) is 0 Å². The van der Waals surface area contributed by atoms with Crippen molar-refractivity contribution >= 4 is 13.9 Å². The molecule has 0 nitrogen and oxygen atoms in total. The van der Waals surface area contributed by atoms with Crippen LogP contribution in [0, 0.1) is 0 Å². The molecule has 1 atom stereocenters. The van der Waals surface area contributed by atoms with E-state index in [-0.39, 0.29) is 20.3 Å². The minimum atomic E-state index is 0. The summed E-state index contributed by atoms with van der Waals surface area (Å²) in [6.45, 7) is 2.25. The Labute approximate surface area is 90.6 Å². The fourth-order valence-corrected chi connectivity index (χ4v) is 2.21. The van der Waals surface area contributed by atoms with Gasteiger partial charge in [-0.2, -0.15) is 0 Å². The van der Waals surface area contributed by atoms with Crippen LogP contribution in [0.15, 0.2) is 30.3 Å². The summed E-state index contributed by atoms with van der Waals surface area (Å²) in [5.74, 6) is 0. The summed E-state index contributed by atoms with van der Waals surface area (Å²) in [7, 11) is 1.01. The maximum atomic E-state index is 2.25. The van der Waals surface area contributed by atoms with Crippen molar-refractivity contribution < 1.29 is 20.3 Å². The molecule has 0 aliphatic heterocycles. The van der Waals surface area contributed by atoms with Gasteiger partial charge in [-0.1, -0.05) is 52.3 Å². The van der Waals surface area contributed by atoms with Gasteiger partial charge in [-0.05, 0) is 17.9 Å². The topological polar surface area (TPSA) is 0 Å². The summed E-state index contributed by atoms with van der Waals surface area (Å²) in [6.07, 6.45) is 4.05. The Bertz CT molecular complexity index is 191. The molecule has 0 amide bonds. The van der Waals surface area contributed by atoms with E-state index in [9.17, 15) is 0 Å². The Morgan fingerprint density at radius 1 is 1.25 bits per heavy atom. The minimum Gasteiger partial charge on any atom is -1.00 e. The smallest absolute Gasteiger partial charge is 1.00 e. The summed E-state index contributed by atoms with van der Waals surface area (Å²) in [6, 6.07) is 10.7. The Morgan fingerprint density at radius 2 is 1.92 bits per heavy atom. The molecule has 1 aromatic rings. The average Bonchev–Trinajstić information content (AvgIpc) is 2.07. The van der Waals surface area contributed by atoms with E-state index in [1.54, 1.807) is 0 Å². The predicted molar refractivity (Wildman–Crippen MR) is 55.3 cm³/mol. The van der Waals surface area contributed by atoms with Gasteiger partial charge in [-0.15, -0.1) is 0 Å². The van der Waals surface area contributed by atoms with Gasteiger partial charge in [0.1, 0.15) is 0 Å². The van der Waals surface area contributed by atoms with Crippen LogP contribution in [0.5, 0.6) is 0 Å². The van der Waals surface area contributed by atoms with Crippen LogP contribution in [0.2, 0.25) is 0 Å². The van der Waals surface area contributed by atoms with Crippen LogP contribution in [0.4, 0.5) is 0 Å². The maximum absolute atomic E-state index is 2.25. The van der Waals surface area contributed by atoms with E-state index in [0.29, 0.717) is 0 Å². The first-order valence-electron chi connectivity index (χ1n) is 4.22. The van der Waals surface area contributed by atoms with E-state index < -0.39 is 0 Å². The second kappa shape index (κ2) is 7.87. The van der Waals surface area contributed by atoms with Crippen LogP contribution in [-0.4, -0.2) is 6.16 Å². The number of hydrogen-bond donors (Lipinski definition) is 0. The molecule has 1 unspecified atom stereocenters. The van der Waals surface area contributed by atoms with Gasteiger partial charge in [0, 0.05) is 0 Å². The normalized spacial score (nSPS) is 10.1. The first kappa shape index (κ1) is 12.2. The number of hydrogen-bond acceptors (Lipinski definition) is 0. The van der Waals surface area contributed by atoms with Gasteiger partial charge < -0.3 is 1.43 Å². The second-order valence-corrected chi connectivity index (χ2v) is 4.08. The molecule has 0 aliphatic carbocycles. The molecule has 0 saturated carbocycles. The van der Waals surface area contributed by atoms with Gasteiger partial charge in [0.05, 0.1) is 0 Å². The molecule has 0 saturated heterocycles. The van der Waals surface area contributed by atoms with Crippen molar-refractivity contribution in [2.45, 2.75) is 19.8 Å². The Kier molecular flexibility index (Phi) is 8.04. The van der Waals surface area contributed by atoms with Gasteiger partial charge in [-0.3, -0.25) is 0 Å². The molecule has 0 N–H and O–H groups in total. The number of rotatable bonds is 4. The Hall–Kier alpha value is 0.247. The van der Waals surface area contributed by atoms with E-state index in [4.69, 9.17) is 0 Å². The zero-order valence-corrected chi connectivity index (χ0v) is 9.01. The molecule has 0 spiro atoms. The van der Waals surface area contributed by atoms with E-state index in [0.717, 1.165) is 8.58 Å². The molecule has 2 heteroatoms. The molecule has 0 heterocycles. The monoisotopic (exact) mass is 174 g/mol. The van der Waals surface area contributed by atoms with Gasteiger partial charge >= 0.3 is 18.9 Å². The summed E-state index contributed by atoms with van der Waals surface area (Å²) in [5.41, 5.74) is 0. The quantitative estimate of drug-likeness (QED) is 0.340. The zero-order valence-electron chi connectivity index (χ0n) is 9.01. The third-order valence-corrected chi connectivity index (χ3v) is 2.98. The van der Waals surface area contributed by atoms with Crippen LogP contribution >= 0.6 is 8.58 Å². The fourth-order valence-electron chi connectivity index (χ4n) is 0.966. The molecule has 1 aromatic carbocycles. The Morgan fingerprint density at radius 3 is 2.50 bits per heavy atom. The van der Waals surface area contributed by atoms with E-state index in [1.807, 2.05) is 0 Å². The summed E-state index contributed by atoms with van der Waals surface area (Å²) >= 11 is 0. The summed E-state index contributed by atoms with van der Waals surface area (Å²) in [5, 5.41) is 1.50. The minimum absolute atomic E-state index is 0. The van der Waals surface area contributed by atoms with Crippen molar-refractivity contribution in [3.05, 3.63) is 30.3 Å². The average molecular weight is 174 g/mol. The zero-order chi connectivity index (χ0) is 7.94. The van der Waals surface area contributed by atoms with Crippen molar-refractivity contribution in [3.63, 3.8) is 0 Å². The van der Waals surface area contributed by atoms with Crippen molar-refractivity contribution in [1.29, 1.82) is 0 Å². The standard InChI is InChI=1S/C10H15P.Li.H/c1-2-3-9-11-10-7-5-4-6-8-10;;/h4-8,11H,2-3,9H2,1H3;;/q;+1;-1. The van der Waals surface area contributed by atoms with Crippen LogP contribution in [0.3, 0.4) is 0 Å². The first-order valence-corrected chi connectivity index (χ1v) is 5.43. The molecule has 1 rings (SSSR count). The van der Waals surface area contributed by atoms with E-state index in [1.165, 1.54) is 24.3 Å². The molecule has 12 heavy (non-hydrogen) atoms. The van der Waals surface area contributed by atoms with E-state index in [2.05, 4.69) is 37.3 Å². The summed E-state index contributed by atoms with van der Waals surface area (Å²) in [4.78, 5) is 0. The van der Waals surface area contributed by atoms with Crippen LogP contribution < -0.4 is 24.2 Å². The third-order valence-electron chi connectivity index (χ3n) is 1.63. The maximum Gasteiger partial charge on any atom is 1.00 e.